The molecular formula is C18H21FN2. The Morgan fingerprint density at radius 3 is 2.48 bits per heavy atom. The zero-order valence-corrected chi connectivity index (χ0v) is 12.1. The minimum absolute atomic E-state index is 0.000811. The fraction of sp³-hybridized carbons (Fsp3) is 0.333. The molecule has 1 saturated heterocycles. The molecule has 3 rings (SSSR count). The van der Waals surface area contributed by atoms with E-state index in [0.717, 1.165) is 19.5 Å². The van der Waals surface area contributed by atoms with Crippen LogP contribution in [0, 0.1) is 11.2 Å². The maximum absolute atomic E-state index is 13.2. The summed E-state index contributed by atoms with van der Waals surface area (Å²) in [6.07, 6.45) is 0.944. The van der Waals surface area contributed by atoms with Gasteiger partial charge in [-0.25, -0.2) is 4.39 Å². The van der Waals surface area contributed by atoms with Crippen molar-refractivity contribution in [3.05, 3.63) is 71.5 Å². The minimum atomic E-state index is -0.189. The molecule has 0 amide bonds. The molecule has 3 heteroatoms. The first-order valence-electron chi connectivity index (χ1n) is 7.44. The molecule has 0 unspecified atom stereocenters. The quantitative estimate of drug-likeness (QED) is 0.906. The summed E-state index contributed by atoms with van der Waals surface area (Å²) >= 11 is 0. The lowest BCUT2D eigenvalue weighted by Crippen LogP contribution is -2.39. The van der Waals surface area contributed by atoms with E-state index in [1.54, 1.807) is 0 Å². The molecule has 3 N–H and O–H groups in total. The van der Waals surface area contributed by atoms with E-state index in [9.17, 15) is 4.39 Å². The van der Waals surface area contributed by atoms with Crippen molar-refractivity contribution in [2.75, 3.05) is 19.6 Å². The lowest BCUT2D eigenvalue weighted by atomic mass is 9.70. The van der Waals surface area contributed by atoms with Gasteiger partial charge in [0.05, 0.1) is 0 Å². The summed E-state index contributed by atoms with van der Waals surface area (Å²) < 4.78 is 13.2. The lowest BCUT2D eigenvalue weighted by Gasteiger charge is -2.34. The maximum Gasteiger partial charge on any atom is 0.123 e. The normalized spacial score (nSPS) is 25.1. The van der Waals surface area contributed by atoms with Gasteiger partial charge in [0.15, 0.2) is 0 Å². The van der Waals surface area contributed by atoms with Crippen molar-refractivity contribution in [3.8, 4) is 0 Å². The van der Waals surface area contributed by atoms with Gasteiger partial charge in [-0.05, 0) is 29.7 Å². The molecule has 0 spiro atoms. The predicted molar refractivity (Wildman–Crippen MR) is 83.6 cm³/mol. The largest absolute Gasteiger partial charge is 0.330 e. The van der Waals surface area contributed by atoms with Crippen molar-refractivity contribution in [3.63, 3.8) is 0 Å². The fourth-order valence-corrected chi connectivity index (χ4v) is 3.45. The first kappa shape index (κ1) is 14.2. The number of nitrogens with one attached hydrogen (secondary N) is 1. The molecule has 0 radical (unpaired) electrons. The minimum Gasteiger partial charge on any atom is -0.330 e. The van der Waals surface area contributed by atoms with Crippen molar-refractivity contribution >= 4 is 0 Å². The summed E-state index contributed by atoms with van der Waals surface area (Å²) in [5.41, 5.74) is 8.63. The Kier molecular flexibility index (Phi) is 4.04. The van der Waals surface area contributed by atoms with Crippen LogP contribution in [0.25, 0.3) is 0 Å². The zero-order chi connectivity index (χ0) is 14.7. The van der Waals surface area contributed by atoms with Gasteiger partial charge >= 0.3 is 0 Å². The van der Waals surface area contributed by atoms with Crippen LogP contribution in [0.1, 0.15) is 17.0 Å². The molecule has 1 aliphatic rings. The smallest absolute Gasteiger partial charge is 0.123 e. The van der Waals surface area contributed by atoms with Crippen LogP contribution in [0.5, 0.6) is 0 Å². The molecule has 2 aromatic carbocycles. The highest BCUT2D eigenvalue weighted by atomic mass is 19.1. The SMILES string of the molecule is NC[C@]1(Cc2ccccc2)CNC[C@H]1c1ccc(F)cc1. The van der Waals surface area contributed by atoms with Gasteiger partial charge in [-0.1, -0.05) is 42.5 Å². The number of nitrogens with two attached hydrogens (primary N) is 1. The van der Waals surface area contributed by atoms with Crippen molar-refractivity contribution in [2.45, 2.75) is 12.3 Å². The predicted octanol–water partition coefficient (Wildman–Crippen LogP) is 2.70. The average molecular weight is 284 g/mol. The van der Waals surface area contributed by atoms with Gasteiger partial charge in [0.1, 0.15) is 5.82 Å². The van der Waals surface area contributed by atoms with Gasteiger partial charge in [-0.2, -0.15) is 0 Å². The molecule has 1 fully saturated rings. The highest BCUT2D eigenvalue weighted by Crippen LogP contribution is 2.41. The first-order valence-corrected chi connectivity index (χ1v) is 7.44. The van der Waals surface area contributed by atoms with E-state index in [2.05, 4.69) is 29.6 Å². The number of hydrogen-bond donors (Lipinski definition) is 2. The Bertz CT molecular complexity index is 582. The molecule has 0 aromatic heterocycles. The van der Waals surface area contributed by atoms with Gasteiger partial charge in [-0.3, -0.25) is 0 Å². The van der Waals surface area contributed by atoms with Gasteiger partial charge in [0, 0.05) is 31.0 Å². The second kappa shape index (κ2) is 5.96. The zero-order valence-electron chi connectivity index (χ0n) is 12.1. The van der Waals surface area contributed by atoms with Crippen molar-refractivity contribution in [1.29, 1.82) is 0 Å². The summed E-state index contributed by atoms with van der Waals surface area (Å²) in [4.78, 5) is 0. The van der Waals surface area contributed by atoms with Crippen LogP contribution >= 0.6 is 0 Å². The maximum atomic E-state index is 13.2. The molecule has 2 aromatic rings. The van der Waals surface area contributed by atoms with E-state index < -0.39 is 0 Å². The summed E-state index contributed by atoms with van der Waals surface area (Å²) in [5.74, 6) is 0.134. The third-order valence-corrected chi connectivity index (χ3v) is 4.64. The summed E-state index contributed by atoms with van der Waals surface area (Å²) in [5, 5.41) is 3.47. The second-order valence-corrected chi connectivity index (χ2v) is 5.96. The van der Waals surface area contributed by atoms with Gasteiger partial charge < -0.3 is 11.1 Å². The number of halogens is 1. The summed E-state index contributed by atoms with van der Waals surface area (Å²) in [7, 11) is 0. The first-order chi connectivity index (χ1) is 10.2. The molecule has 0 aliphatic carbocycles. The van der Waals surface area contributed by atoms with Crippen LogP contribution in [0.4, 0.5) is 4.39 Å². The van der Waals surface area contributed by atoms with Gasteiger partial charge in [-0.15, -0.1) is 0 Å². The summed E-state index contributed by atoms with van der Waals surface area (Å²) in [6.45, 7) is 2.42. The number of hydrogen-bond acceptors (Lipinski definition) is 2. The molecule has 110 valence electrons. The molecule has 0 saturated carbocycles. The topological polar surface area (TPSA) is 38.0 Å². The van der Waals surface area contributed by atoms with Crippen LogP contribution in [0.15, 0.2) is 54.6 Å². The Labute approximate surface area is 125 Å². The Morgan fingerprint density at radius 2 is 1.81 bits per heavy atom. The highest BCUT2D eigenvalue weighted by Gasteiger charge is 2.42. The highest BCUT2D eigenvalue weighted by molar-refractivity contribution is 5.28. The molecule has 2 nitrogen and oxygen atoms in total. The average Bonchev–Trinajstić information content (AvgIpc) is 2.93. The van der Waals surface area contributed by atoms with Gasteiger partial charge in [0.2, 0.25) is 0 Å². The van der Waals surface area contributed by atoms with E-state index in [1.165, 1.54) is 23.3 Å². The number of rotatable bonds is 4. The van der Waals surface area contributed by atoms with Crippen LogP contribution in [0.3, 0.4) is 0 Å². The van der Waals surface area contributed by atoms with Crippen molar-refractivity contribution in [2.24, 2.45) is 11.1 Å². The Hall–Kier alpha value is -1.71. The number of benzene rings is 2. The summed E-state index contributed by atoms with van der Waals surface area (Å²) in [6, 6.07) is 17.3. The molecule has 1 heterocycles. The van der Waals surface area contributed by atoms with E-state index in [0.29, 0.717) is 12.5 Å². The second-order valence-electron chi connectivity index (χ2n) is 5.96. The van der Waals surface area contributed by atoms with E-state index in [4.69, 9.17) is 5.73 Å². The van der Waals surface area contributed by atoms with Crippen LogP contribution in [-0.2, 0) is 6.42 Å². The van der Waals surface area contributed by atoms with Crippen molar-refractivity contribution in [1.82, 2.24) is 5.32 Å². The van der Waals surface area contributed by atoms with Crippen LogP contribution in [-0.4, -0.2) is 19.6 Å². The molecule has 2 atom stereocenters. The molecule has 0 bridgehead atoms. The molecule has 21 heavy (non-hydrogen) atoms. The molecular weight excluding hydrogens is 263 g/mol. The van der Waals surface area contributed by atoms with Crippen LogP contribution < -0.4 is 11.1 Å². The van der Waals surface area contributed by atoms with E-state index >= 15 is 0 Å². The van der Waals surface area contributed by atoms with Gasteiger partial charge in [0.25, 0.3) is 0 Å². The fourth-order valence-electron chi connectivity index (χ4n) is 3.45. The Balaban J connectivity index is 1.90. The lowest BCUT2D eigenvalue weighted by molar-refractivity contribution is 0.292. The third-order valence-electron chi connectivity index (χ3n) is 4.64. The molecule has 1 aliphatic heterocycles. The third kappa shape index (κ3) is 2.85. The van der Waals surface area contributed by atoms with E-state index in [-0.39, 0.29) is 11.2 Å². The Morgan fingerprint density at radius 1 is 1.10 bits per heavy atom. The standard InChI is InChI=1S/C18H21FN2/c19-16-8-6-15(7-9-16)17-11-21-13-18(17,12-20)10-14-4-2-1-3-5-14/h1-9,17,21H,10-13,20H2/t17-,18+/m0/s1. The van der Waals surface area contributed by atoms with Crippen molar-refractivity contribution < 1.29 is 4.39 Å². The monoisotopic (exact) mass is 284 g/mol. The van der Waals surface area contributed by atoms with E-state index in [1.807, 2.05) is 18.2 Å². The van der Waals surface area contributed by atoms with Crippen LogP contribution in [0.2, 0.25) is 0 Å².